The summed E-state index contributed by atoms with van der Waals surface area (Å²) in [5.74, 6) is 0.304. The van der Waals surface area contributed by atoms with Gasteiger partial charge in [0.25, 0.3) is 5.91 Å². The lowest BCUT2D eigenvalue weighted by Crippen LogP contribution is -2.40. The smallest absolute Gasteiger partial charge is 0.262 e. The first-order valence-corrected chi connectivity index (χ1v) is 11.5. The van der Waals surface area contributed by atoms with Crippen LogP contribution in [0.15, 0.2) is 47.4 Å². The lowest BCUT2D eigenvalue weighted by Gasteiger charge is -2.26. The fourth-order valence-corrected chi connectivity index (χ4v) is 4.46. The van der Waals surface area contributed by atoms with Crippen molar-refractivity contribution in [2.45, 2.75) is 24.8 Å². The van der Waals surface area contributed by atoms with Gasteiger partial charge < -0.3 is 19.5 Å². The number of nitrogens with one attached hydrogen (secondary N) is 1. The lowest BCUT2D eigenvalue weighted by molar-refractivity contribution is -0.118. The maximum Gasteiger partial charge on any atom is 0.262 e. The van der Waals surface area contributed by atoms with Crippen molar-refractivity contribution in [2.24, 2.45) is 0 Å². The quantitative estimate of drug-likeness (QED) is 0.644. The Bertz CT molecular complexity index is 1090. The number of nitrogens with zero attached hydrogens (tertiary/aromatic N) is 2. The van der Waals surface area contributed by atoms with E-state index in [0.717, 1.165) is 0 Å². The average Bonchev–Trinajstić information content (AvgIpc) is 2.79. The zero-order valence-corrected chi connectivity index (χ0v) is 18.7. The summed E-state index contributed by atoms with van der Waals surface area (Å²) in [6.07, 6.45) is -0.178. The second-order valence-corrected chi connectivity index (χ2v) is 9.25. The van der Waals surface area contributed by atoms with Crippen molar-refractivity contribution >= 4 is 21.6 Å². The van der Waals surface area contributed by atoms with Gasteiger partial charge in [0.1, 0.15) is 11.5 Å². The topological polar surface area (TPSA) is 118 Å². The summed E-state index contributed by atoms with van der Waals surface area (Å²) in [6.45, 7) is 4.58. The largest absolute Gasteiger partial charge is 0.489 e. The molecular formula is C22H25N3O6S. The molecular weight excluding hydrogens is 434 g/mol. The summed E-state index contributed by atoms with van der Waals surface area (Å²) in [6, 6.07) is 12.7. The fraction of sp³-hybridized carbons (Fsp3) is 0.364. The van der Waals surface area contributed by atoms with Crippen molar-refractivity contribution in [3.05, 3.63) is 48.0 Å². The number of hydrogen-bond donors (Lipinski definition) is 1. The number of morpholine rings is 1. The monoisotopic (exact) mass is 459 g/mol. The van der Waals surface area contributed by atoms with E-state index < -0.39 is 15.9 Å². The van der Waals surface area contributed by atoms with Crippen molar-refractivity contribution in [2.75, 3.05) is 38.2 Å². The van der Waals surface area contributed by atoms with E-state index in [2.05, 4.69) is 5.32 Å². The number of amides is 1. The van der Waals surface area contributed by atoms with Gasteiger partial charge in [0.2, 0.25) is 10.0 Å². The van der Waals surface area contributed by atoms with Crippen LogP contribution in [0.25, 0.3) is 0 Å². The molecule has 0 aliphatic carbocycles. The highest BCUT2D eigenvalue weighted by Gasteiger charge is 2.27. The van der Waals surface area contributed by atoms with E-state index in [9.17, 15) is 13.2 Å². The Morgan fingerprint density at radius 3 is 2.50 bits per heavy atom. The molecule has 32 heavy (non-hydrogen) atoms. The fourth-order valence-electron chi connectivity index (χ4n) is 3.02. The second kappa shape index (κ2) is 10.5. The molecule has 1 saturated heterocycles. The number of anilines is 1. The zero-order valence-electron chi connectivity index (χ0n) is 17.9. The van der Waals surface area contributed by atoms with E-state index >= 15 is 0 Å². The molecule has 0 atom stereocenters. The minimum absolute atomic E-state index is 0.0545. The number of carbonyl (C=O) groups is 1. The Hall–Kier alpha value is -3.13. The molecule has 170 valence electrons. The van der Waals surface area contributed by atoms with Gasteiger partial charge in [-0.1, -0.05) is 0 Å². The SMILES string of the molecule is CC(C)Oc1ccc(S(=O)(=O)N2CCOCC2)cc1NC(=O)COc1ccc(C#N)cc1. The first-order valence-electron chi connectivity index (χ1n) is 10.1. The van der Waals surface area contributed by atoms with Crippen LogP contribution < -0.4 is 14.8 Å². The second-order valence-electron chi connectivity index (χ2n) is 7.31. The van der Waals surface area contributed by atoms with Gasteiger partial charge in [-0.3, -0.25) is 4.79 Å². The Morgan fingerprint density at radius 1 is 1.19 bits per heavy atom. The third-order valence-corrected chi connectivity index (χ3v) is 6.44. The summed E-state index contributed by atoms with van der Waals surface area (Å²) in [5.41, 5.74) is 0.719. The predicted molar refractivity (Wildman–Crippen MR) is 117 cm³/mol. The van der Waals surface area contributed by atoms with E-state index in [4.69, 9.17) is 19.5 Å². The molecule has 1 heterocycles. The zero-order chi connectivity index (χ0) is 23.1. The van der Waals surface area contributed by atoms with Crippen molar-refractivity contribution in [3.8, 4) is 17.6 Å². The molecule has 1 aliphatic heterocycles. The van der Waals surface area contributed by atoms with Crippen LogP contribution in [0.1, 0.15) is 19.4 Å². The van der Waals surface area contributed by atoms with E-state index in [-0.39, 0.29) is 36.4 Å². The van der Waals surface area contributed by atoms with Gasteiger partial charge in [-0.05, 0) is 56.3 Å². The van der Waals surface area contributed by atoms with Crippen LogP contribution >= 0.6 is 0 Å². The van der Waals surface area contributed by atoms with Gasteiger partial charge in [-0.2, -0.15) is 9.57 Å². The Balaban J connectivity index is 1.76. The molecule has 0 radical (unpaired) electrons. The normalized spacial score (nSPS) is 14.6. The number of nitriles is 1. The van der Waals surface area contributed by atoms with Crippen molar-refractivity contribution < 1.29 is 27.4 Å². The van der Waals surface area contributed by atoms with Gasteiger partial charge in [0, 0.05) is 13.1 Å². The first-order chi connectivity index (χ1) is 15.3. The van der Waals surface area contributed by atoms with Crippen molar-refractivity contribution in [3.63, 3.8) is 0 Å². The summed E-state index contributed by atoms with van der Waals surface area (Å²) in [7, 11) is -3.74. The summed E-state index contributed by atoms with van der Waals surface area (Å²) in [4.78, 5) is 12.5. The summed E-state index contributed by atoms with van der Waals surface area (Å²) < 4.78 is 43.8. The minimum atomic E-state index is -3.74. The first kappa shape index (κ1) is 23.5. The molecule has 2 aromatic carbocycles. The number of rotatable bonds is 8. The number of hydrogen-bond acceptors (Lipinski definition) is 7. The van der Waals surface area contributed by atoms with Crippen LogP contribution in [0.5, 0.6) is 11.5 Å². The number of ether oxygens (including phenoxy) is 3. The van der Waals surface area contributed by atoms with Gasteiger partial charge in [0.05, 0.1) is 41.5 Å². The highest BCUT2D eigenvalue weighted by molar-refractivity contribution is 7.89. The average molecular weight is 460 g/mol. The third-order valence-electron chi connectivity index (χ3n) is 4.55. The molecule has 3 rings (SSSR count). The standard InChI is InChI=1S/C22H25N3O6S/c1-16(2)31-21-8-7-19(32(27,28)25-9-11-29-12-10-25)13-20(21)24-22(26)15-30-18-5-3-17(14-23)4-6-18/h3-8,13,16H,9-12,15H2,1-2H3,(H,24,26). The molecule has 0 bridgehead atoms. The molecule has 0 aromatic heterocycles. The third kappa shape index (κ3) is 5.97. The number of benzene rings is 2. The molecule has 9 nitrogen and oxygen atoms in total. The van der Waals surface area contributed by atoms with Crippen LogP contribution in [0.3, 0.4) is 0 Å². The van der Waals surface area contributed by atoms with Crippen molar-refractivity contribution in [1.82, 2.24) is 4.31 Å². The summed E-state index contributed by atoms with van der Waals surface area (Å²) in [5, 5.41) is 11.5. The maximum absolute atomic E-state index is 13.0. The van der Waals surface area contributed by atoms with Crippen LogP contribution in [0, 0.1) is 11.3 Å². The highest BCUT2D eigenvalue weighted by Crippen LogP contribution is 2.30. The van der Waals surface area contributed by atoms with Crippen LogP contribution in [-0.2, 0) is 19.6 Å². The van der Waals surface area contributed by atoms with E-state index in [1.165, 1.54) is 22.5 Å². The minimum Gasteiger partial charge on any atom is -0.489 e. The van der Waals surface area contributed by atoms with E-state index in [1.807, 2.05) is 19.9 Å². The Morgan fingerprint density at radius 2 is 1.88 bits per heavy atom. The van der Waals surface area contributed by atoms with Crippen LogP contribution in [0.4, 0.5) is 5.69 Å². The molecule has 2 aromatic rings. The number of carbonyl (C=O) groups excluding carboxylic acids is 1. The van der Waals surface area contributed by atoms with E-state index in [1.54, 1.807) is 24.3 Å². The molecule has 1 amide bonds. The summed E-state index contributed by atoms with van der Waals surface area (Å²) >= 11 is 0. The molecule has 0 spiro atoms. The predicted octanol–water partition coefficient (Wildman–Crippen LogP) is 2.38. The molecule has 1 N–H and O–H groups in total. The Labute approximate surface area is 187 Å². The number of sulfonamides is 1. The van der Waals surface area contributed by atoms with Crippen LogP contribution in [-0.4, -0.2) is 57.6 Å². The van der Waals surface area contributed by atoms with Gasteiger partial charge >= 0.3 is 0 Å². The van der Waals surface area contributed by atoms with Crippen molar-refractivity contribution in [1.29, 1.82) is 5.26 Å². The lowest BCUT2D eigenvalue weighted by atomic mass is 10.2. The Kier molecular flexibility index (Phi) is 7.69. The van der Waals surface area contributed by atoms with Gasteiger partial charge in [-0.15, -0.1) is 0 Å². The molecule has 0 saturated carbocycles. The van der Waals surface area contributed by atoms with Crippen LogP contribution in [0.2, 0.25) is 0 Å². The maximum atomic E-state index is 13.0. The van der Waals surface area contributed by atoms with Gasteiger partial charge in [0.15, 0.2) is 6.61 Å². The highest BCUT2D eigenvalue weighted by atomic mass is 32.2. The molecule has 10 heteroatoms. The molecule has 0 unspecified atom stereocenters. The van der Waals surface area contributed by atoms with Gasteiger partial charge in [-0.25, -0.2) is 8.42 Å². The molecule has 1 fully saturated rings. The molecule has 1 aliphatic rings. The van der Waals surface area contributed by atoms with E-state index in [0.29, 0.717) is 30.3 Å².